The monoisotopic (exact) mass is 229 g/mol. The van der Waals surface area contributed by atoms with Gasteiger partial charge in [0.25, 0.3) is 5.69 Å². The van der Waals surface area contributed by atoms with Crippen LogP contribution in [0.25, 0.3) is 0 Å². The second kappa shape index (κ2) is 5.09. The summed E-state index contributed by atoms with van der Waals surface area (Å²) in [5.74, 6) is 0. The van der Waals surface area contributed by atoms with Gasteiger partial charge in [-0.25, -0.2) is 0 Å². The van der Waals surface area contributed by atoms with E-state index in [9.17, 15) is 10.1 Å². The maximum Gasteiger partial charge on any atom is 0.274 e. The van der Waals surface area contributed by atoms with E-state index in [1.165, 1.54) is 6.07 Å². The van der Waals surface area contributed by atoms with Gasteiger partial charge in [0.1, 0.15) is 0 Å². The van der Waals surface area contributed by atoms with Crippen LogP contribution in [0.2, 0.25) is 5.02 Å². The first-order valence-corrected chi connectivity index (χ1v) is 4.88. The topological polar surface area (TPSA) is 52.4 Å². The van der Waals surface area contributed by atoms with Crippen LogP contribution in [0.5, 0.6) is 0 Å². The minimum absolute atomic E-state index is 0.0476. The van der Waals surface area contributed by atoms with E-state index in [-0.39, 0.29) is 11.8 Å². The van der Waals surface area contributed by atoms with Gasteiger partial charge in [0.15, 0.2) is 0 Å². The van der Waals surface area contributed by atoms with Crippen LogP contribution < -0.4 is 0 Å². The molecule has 0 bridgehead atoms. The molecule has 0 amide bonds. The molecule has 1 rings (SSSR count). The number of hydrogen-bond acceptors (Lipinski definition) is 3. The van der Waals surface area contributed by atoms with E-state index in [0.29, 0.717) is 17.0 Å². The molecule has 0 aromatic heterocycles. The van der Waals surface area contributed by atoms with Crippen molar-refractivity contribution in [3.8, 4) is 0 Å². The largest absolute Gasteiger partial charge is 0.381 e. The molecule has 0 spiro atoms. The van der Waals surface area contributed by atoms with Crippen molar-refractivity contribution in [1.29, 1.82) is 0 Å². The first kappa shape index (κ1) is 11.9. The summed E-state index contributed by atoms with van der Waals surface area (Å²) in [6, 6.07) is 4.66. The molecule has 4 nitrogen and oxygen atoms in total. The van der Waals surface area contributed by atoms with Crippen molar-refractivity contribution in [2.24, 2.45) is 0 Å². The van der Waals surface area contributed by atoms with Crippen molar-refractivity contribution in [1.82, 2.24) is 0 Å². The van der Waals surface area contributed by atoms with Gasteiger partial charge in [-0.05, 0) is 13.0 Å². The Bertz CT molecular complexity index is 368. The van der Waals surface area contributed by atoms with E-state index in [0.717, 1.165) is 0 Å². The molecular weight excluding hydrogens is 218 g/mol. The number of methoxy groups -OCH3 is 1. The SMILES string of the molecule is COC(C)Cc1c(Cl)cccc1[N+](=O)[O-]. The van der Waals surface area contributed by atoms with Gasteiger partial charge in [-0.2, -0.15) is 0 Å². The predicted octanol–water partition coefficient (Wildman–Crippen LogP) is 2.83. The molecule has 0 saturated heterocycles. The fraction of sp³-hybridized carbons (Fsp3) is 0.400. The van der Waals surface area contributed by atoms with Crippen molar-refractivity contribution in [2.45, 2.75) is 19.4 Å². The number of benzene rings is 1. The highest BCUT2D eigenvalue weighted by Gasteiger charge is 2.18. The van der Waals surface area contributed by atoms with E-state index in [1.807, 2.05) is 6.92 Å². The van der Waals surface area contributed by atoms with Crippen LogP contribution in [-0.4, -0.2) is 18.1 Å². The van der Waals surface area contributed by atoms with Gasteiger partial charge in [-0.3, -0.25) is 10.1 Å². The third-order valence-corrected chi connectivity index (χ3v) is 2.54. The summed E-state index contributed by atoms with van der Waals surface area (Å²) in [6.07, 6.45) is 0.343. The number of rotatable bonds is 4. The summed E-state index contributed by atoms with van der Waals surface area (Å²) < 4.78 is 5.06. The van der Waals surface area contributed by atoms with Crippen LogP contribution in [0, 0.1) is 10.1 Å². The van der Waals surface area contributed by atoms with Crippen molar-refractivity contribution < 1.29 is 9.66 Å². The normalized spacial score (nSPS) is 12.5. The summed E-state index contributed by atoms with van der Waals surface area (Å²) in [4.78, 5) is 10.3. The van der Waals surface area contributed by atoms with E-state index >= 15 is 0 Å². The van der Waals surface area contributed by atoms with Gasteiger partial charge in [-0.1, -0.05) is 17.7 Å². The Kier molecular flexibility index (Phi) is 4.05. The minimum Gasteiger partial charge on any atom is -0.381 e. The van der Waals surface area contributed by atoms with E-state index < -0.39 is 4.92 Å². The molecule has 0 N–H and O–H groups in total. The van der Waals surface area contributed by atoms with E-state index in [1.54, 1.807) is 19.2 Å². The highest BCUT2D eigenvalue weighted by molar-refractivity contribution is 6.31. The molecule has 82 valence electrons. The van der Waals surface area contributed by atoms with Crippen LogP contribution in [-0.2, 0) is 11.2 Å². The molecule has 0 heterocycles. The standard InChI is InChI=1S/C10H12ClNO3/c1-7(15-2)6-8-9(11)4-3-5-10(8)12(13)14/h3-5,7H,6H2,1-2H3. The summed E-state index contributed by atoms with van der Waals surface area (Å²) in [5, 5.41) is 11.2. The number of nitro benzene ring substituents is 1. The summed E-state index contributed by atoms with van der Waals surface area (Å²) in [7, 11) is 1.56. The summed E-state index contributed by atoms with van der Waals surface area (Å²) in [6.45, 7) is 1.84. The molecular formula is C10H12ClNO3. The van der Waals surface area contributed by atoms with E-state index in [2.05, 4.69) is 0 Å². The number of halogens is 1. The van der Waals surface area contributed by atoms with Crippen LogP contribution in [0.4, 0.5) is 5.69 Å². The lowest BCUT2D eigenvalue weighted by Crippen LogP contribution is -2.10. The quantitative estimate of drug-likeness (QED) is 0.589. The van der Waals surface area contributed by atoms with Crippen molar-refractivity contribution >= 4 is 17.3 Å². The molecule has 0 radical (unpaired) electrons. The van der Waals surface area contributed by atoms with Crippen LogP contribution in [0.3, 0.4) is 0 Å². The van der Waals surface area contributed by atoms with Gasteiger partial charge < -0.3 is 4.74 Å². The first-order valence-electron chi connectivity index (χ1n) is 4.50. The molecule has 0 fully saturated rings. The highest BCUT2D eigenvalue weighted by Crippen LogP contribution is 2.27. The third kappa shape index (κ3) is 2.91. The Morgan fingerprint density at radius 2 is 2.27 bits per heavy atom. The second-order valence-electron chi connectivity index (χ2n) is 3.25. The van der Waals surface area contributed by atoms with Gasteiger partial charge >= 0.3 is 0 Å². The van der Waals surface area contributed by atoms with Gasteiger partial charge in [0.05, 0.1) is 21.6 Å². The van der Waals surface area contributed by atoms with Gasteiger partial charge in [0, 0.05) is 19.6 Å². The zero-order valence-electron chi connectivity index (χ0n) is 8.57. The lowest BCUT2D eigenvalue weighted by atomic mass is 10.1. The van der Waals surface area contributed by atoms with Crippen molar-refractivity contribution in [2.75, 3.05) is 7.11 Å². The molecule has 15 heavy (non-hydrogen) atoms. The van der Waals surface area contributed by atoms with Gasteiger partial charge in [0.2, 0.25) is 0 Å². The Morgan fingerprint density at radius 1 is 1.60 bits per heavy atom. The Labute approximate surface area is 93.0 Å². The van der Waals surface area contributed by atoms with Crippen LogP contribution >= 0.6 is 11.6 Å². The summed E-state index contributed by atoms with van der Waals surface area (Å²) >= 11 is 5.91. The Balaban J connectivity index is 3.07. The van der Waals surface area contributed by atoms with Gasteiger partial charge in [-0.15, -0.1) is 0 Å². The first-order chi connectivity index (χ1) is 7.06. The predicted molar refractivity (Wildman–Crippen MR) is 58.3 cm³/mol. The number of nitro groups is 1. The highest BCUT2D eigenvalue weighted by atomic mass is 35.5. The van der Waals surface area contributed by atoms with E-state index in [4.69, 9.17) is 16.3 Å². The fourth-order valence-corrected chi connectivity index (χ4v) is 1.54. The molecule has 1 aromatic carbocycles. The number of nitrogens with zero attached hydrogens (tertiary/aromatic N) is 1. The third-order valence-electron chi connectivity index (χ3n) is 2.18. The zero-order chi connectivity index (χ0) is 11.4. The van der Waals surface area contributed by atoms with Crippen LogP contribution in [0.15, 0.2) is 18.2 Å². The molecule has 1 atom stereocenters. The van der Waals surface area contributed by atoms with Crippen molar-refractivity contribution in [3.63, 3.8) is 0 Å². The smallest absolute Gasteiger partial charge is 0.274 e. The summed E-state index contributed by atoms with van der Waals surface area (Å²) in [5.41, 5.74) is 0.574. The molecule has 1 aromatic rings. The Morgan fingerprint density at radius 3 is 2.80 bits per heavy atom. The average Bonchev–Trinajstić information content (AvgIpc) is 2.20. The second-order valence-corrected chi connectivity index (χ2v) is 3.65. The molecule has 0 aliphatic carbocycles. The maximum absolute atomic E-state index is 10.7. The number of ether oxygens (including phenoxy) is 1. The maximum atomic E-state index is 10.7. The zero-order valence-corrected chi connectivity index (χ0v) is 9.32. The molecule has 0 aliphatic heterocycles. The number of hydrogen-bond donors (Lipinski definition) is 0. The lowest BCUT2D eigenvalue weighted by molar-refractivity contribution is -0.385. The molecule has 0 saturated carbocycles. The lowest BCUT2D eigenvalue weighted by Gasteiger charge is -2.10. The Hall–Kier alpha value is -1.13. The molecule has 0 aliphatic rings. The fourth-order valence-electron chi connectivity index (χ4n) is 1.29. The average molecular weight is 230 g/mol. The van der Waals surface area contributed by atoms with Crippen molar-refractivity contribution in [3.05, 3.63) is 38.9 Å². The minimum atomic E-state index is -0.427. The molecule has 5 heteroatoms. The molecule has 1 unspecified atom stereocenters. The van der Waals surface area contributed by atoms with Crippen LogP contribution in [0.1, 0.15) is 12.5 Å².